The van der Waals surface area contributed by atoms with Crippen LogP contribution in [-0.2, 0) is 5.75 Å². The lowest BCUT2D eigenvalue weighted by Crippen LogP contribution is -1.87. The molecule has 2 aliphatic rings. The highest BCUT2D eigenvalue weighted by Gasteiger charge is 2.21. The highest BCUT2D eigenvalue weighted by Crippen LogP contribution is 2.53. The van der Waals surface area contributed by atoms with Gasteiger partial charge in [-0.25, -0.2) is 9.98 Å². The van der Waals surface area contributed by atoms with E-state index in [1.54, 1.807) is 10.8 Å². The quantitative estimate of drug-likeness (QED) is 0.601. The first kappa shape index (κ1) is 11.9. The van der Waals surface area contributed by atoms with Crippen molar-refractivity contribution in [3.8, 4) is 0 Å². The second-order valence-electron chi connectivity index (χ2n) is 3.58. The zero-order valence-electron chi connectivity index (χ0n) is 9.12. The molecule has 0 fully saturated rings. The minimum Gasteiger partial charge on any atom is -0.223 e. The van der Waals surface area contributed by atoms with Crippen molar-refractivity contribution in [2.24, 2.45) is 9.98 Å². The van der Waals surface area contributed by atoms with Crippen LogP contribution in [0.15, 0.2) is 34.3 Å². The molecule has 6 heteroatoms. The van der Waals surface area contributed by atoms with E-state index in [0.29, 0.717) is 0 Å². The number of hydrogen-bond acceptors (Lipinski definition) is 5. The van der Waals surface area contributed by atoms with Gasteiger partial charge in [0.05, 0.1) is 5.55 Å². The minimum absolute atomic E-state index is 0.144. The number of aliphatic imine (C=N–C) groups is 2. The first-order valence-electron chi connectivity index (χ1n) is 5.07. The Hall–Kier alpha value is -0.170. The van der Waals surface area contributed by atoms with Crippen molar-refractivity contribution in [3.05, 3.63) is 35.4 Å². The summed E-state index contributed by atoms with van der Waals surface area (Å²) in [4.78, 5) is 8.80. The van der Waals surface area contributed by atoms with E-state index in [9.17, 15) is 0 Å². The Balaban J connectivity index is 1.59. The van der Waals surface area contributed by atoms with E-state index in [-0.39, 0.29) is 8.55 Å². The molecule has 0 N–H and O–H groups in total. The number of thioether (sulfide) groups is 1. The lowest BCUT2D eigenvalue weighted by molar-refractivity contribution is 1.37. The fourth-order valence-corrected chi connectivity index (χ4v) is 8.15. The van der Waals surface area contributed by atoms with Crippen LogP contribution < -0.4 is 0 Å². The molecule has 0 saturated carbocycles. The number of aryl methyl sites for hydroxylation is 1. The standard InChI is InChI=1S/C11H10N2S4/c1-8-2-4-9(5-3-8)6-14-11-13-10-12-7-15-17(10)16-11/h2-5,7H,6H2,1H3. The van der Waals surface area contributed by atoms with Crippen molar-refractivity contribution >= 4 is 56.9 Å². The van der Waals surface area contributed by atoms with Gasteiger partial charge in [0.1, 0.15) is 4.38 Å². The minimum atomic E-state index is 0.144. The second kappa shape index (κ2) is 5.22. The molecule has 2 nitrogen and oxygen atoms in total. The zero-order valence-corrected chi connectivity index (χ0v) is 12.4. The monoisotopic (exact) mass is 298 g/mol. The van der Waals surface area contributed by atoms with Gasteiger partial charge in [-0.05, 0) is 42.6 Å². The van der Waals surface area contributed by atoms with Crippen LogP contribution in [0.4, 0.5) is 0 Å². The number of benzene rings is 1. The van der Waals surface area contributed by atoms with E-state index in [4.69, 9.17) is 0 Å². The highest BCUT2D eigenvalue weighted by molar-refractivity contribution is 9.21. The van der Waals surface area contributed by atoms with E-state index >= 15 is 0 Å². The topological polar surface area (TPSA) is 24.7 Å². The molecular weight excluding hydrogens is 288 g/mol. The van der Waals surface area contributed by atoms with Crippen molar-refractivity contribution in [3.63, 3.8) is 0 Å². The number of hydrogen-bond donors (Lipinski definition) is 0. The summed E-state index contributed by atoms with van der Waals surface area (Å²) >= 11 is 1.81. The molecule has 3 rings (SSSR count). The average Bonchev–Trinajstić information content (AvgIpc) is 2.88. The van der Waals surface area contributed by atoms with E-state index in [0.717, 1.165) is 15.2 Å². The summed E-state index contributed by atoms with van der Waals surface area (Å²) in [5.41, 5.74) is 4.56. The molecular formula is C11H10N2S4. The molecule has 0 aliphatic carbocycles. The van der Waals surface area contributed by atoms with Gasteiger partial charge in [0.25, 0.3) is 0 Å². The molecule has 1 unspecified atom stereocenters. The molecule has 0 spiro atoms. The largest absolute Gasteiger partial charge is 0.223 e. The van der Waals surface area contributed by atoms with Gasteiger partial charge < -0.3 is 0 Å². The molecule has 2 aliphatic heterocycles. The third-order valence-electron chi connectivity index (χ3n) is 2.26. The maximum atomic E-state index is 4.54. The van der Waals surface area contributed by atoms with Gasteiger partial charge in [-0.3, -0.25) is 0 Å². The predicted molar refractivity (Wildman–Crippen MR) is 86.2 cm³/mol. The van der Waals surface area contributed by atoms with Gasteiger partial charge in [-0.2, -0.15) is 0 Å². The van der Waals surface area contributed by atoms with Gasteiger partial charge >= 0.3 is 0 Å². The zero-order chi connectivity index (χ0) is 11.7. The van der Waals surface area contributed by atoms with Crippen LogP contribution in [0.1, 0.15) is 11.1 Å². The maximum absolute atomic E-state index is 4.54. The smallest absolute Gasteiger partial charge is 0.200 e. The van der Waals surface area contributed by atoms with Crippen molar-refractivity contribution in [2.45, 2.75) is 12.7 Å². The Bertz CT molecular complexity index is 531. The van der Waals surface area contributed by atoms with E-state index in [1.165, 1.54) is 11.1 Å². The normalized spacial score (nSPS) is 21.8. The van der Waals surface area contributed by atoms with Gasteiger partial charge in [-0.15, -0.1) is 0 Å². The SMILES string of the molecule is Cc1ccc(CSC2=NC3=S(SC=N3)S2)cc1. The van der Waals surface area contributed by atoms with Crippen LogP contribution in [0.3, 0.4) is 0 Å². The third-order valence-corrected chi connectivity index (χ3v) is 9.17. The summed E-state index contributed by atoms with van der Waals surface area (Å²) in [6.45, 7) is 2.11. The van der Waals surface area contributed by atoms with Gasteiger partial charge in [0.2, 0.25) is 5.11 Å². The van der Waals surface area contributed by atoms with Crippen LogP contribution in [0.2, 0.25) is 0 Å². The Morgan fingerprint density at radius 1 is 1.29 bits per heavy atom. The van der Waals surface area contributed by atoms with Crippen molar-refractivity contribution in [1.82, 2.24) is 0 Å². The van der Waals surface area contributed by atoms with Crippen LogP contribution in [0.5, 0.6) is 0 Å². The Morgan fingerprint density at radius 2 is 2.12 bits per heavy atom. The molecule has 1 atom stereocenters. The predicted octanol–water partition coefficient (Wildman–Crippen LogP) is 4.29. The molecule has 0 aromatic heterocycles. The van der Waals surface area contributed by atoms with E-state index in [1.807, 2.05) is 28.1 Å². The second-order valence-corrected chi connectivity index (χ2v) is 10.3. The molecule has 88 valence electrons. The highest BCUT2D eigenvalue weighted by atomic mass is 33.5. The van der Waals surface area contributed by atoms with E-state index < -0.39 is 0 Å². The summed E-state index contributed by atoms with van der Waals surface area (Å²) in [7, 11) is 3.76. The molecule has 17 heavy (non-hydrogen) atoms. The number of nitrogens with zero attached hydrogens (tertiary/aromatic N) is 2. The average molecular weight is 298 g/mol. The summed E-state index contributed by atoms with van der Waals surface area (Å²) in [6, 6.07) is 8.69. The molecule has 0 bridgehead atoms. The van der Waals surface area contributed by atoms with Crippen LogP contribution in [0, 0.1) is 6.92 Å². The maximum Gasteiger partial charge on any atom is 0.200 e. The summed E-state index contributed by atoms with van der Waals surface area (Å²) in [5.74, 6) is 0.991. The first-order valence-corrected chi connectivity index (χ1v) is 10.0. The Labute approximate surface area is 114 Å². The Morgan fingerprint density at radius 3 is 2.88 bits per heavy atom. The van der Waals surface area contributed by atoms with Crippen molar-refractivity contribution in [2.75, 3.05) is 0 Å². The summed E-state index contributed by atoms with van der Waals surface area (Å²) in [5, 5.41) is 1.01. The molecule has 0 amide bonds. The molecule has 0 radical (unpaired) electrons. The van der Waals surface area contributed by atoms with Crippen molar-refractivity contribution < 1.29 is 0 Å². The fourth-order valence-electron chi connectivity index (χ4n) is 1.36. The fraction of sp³-hybridized carbons (Fsp3) is 0.182. The van der Waals surface area contributed by atoms with Crippen molar-refractivity contribution in [1.29, 1.82) is 0 Å². The van der Waals surface area contributed by atoms with Crippen LogP contribution in [0.25, 0.3) is 0 Å². The molecule has 1 aromatic carbocycles. The number of rotatable bonds is 2. The van der Waals surface area contributed by atoms with Crippen LogP contribution >= 0.6 is 41.9 Å². The van der Waals surface area contributed by atoms with Gasteiger partial charge in [0.15, 0.2) is 0 Å². The first-order chi connectivity index (χ1) is 8.31. The third kappa shape index (κ3) is 2.81. The lowest BCUT2D eigenvalue weighted by Gasteiger charge is -2.02. The van der Waals surface area contributed by atoms with Crippen LogP contribution in [-0.4, -0.2) is 15.0 Å². The lowest BCUT2D eigenvalue weighted by atomic mass is 10.2. The molecule has 0 saturated heterocycles. The molecule has 1 aromatic rings. The summed E-state index contributed by atoms with van der Waals surface area (Å²) in [6.07, 6.45) is 0. The van der Waals surface area contributed by atoms with Gasteiger partial charge in [0, 0.05) is 5.75 Å². The van der Waals surface area contributed by atoms with E-state index in [2.05, 4.69) is 41.2 Å². The Kier molecular flexibility index (Phi) is 3.65. The van der Waals surface area contributed by atoms with Gasteiger partial charge in [-0.1, -0.05) is 41.6 Å². The summed E-state index contributed by atoms with van der Waals surface area (Å²) < 4.78 is 1.16. The molecule has 2 heterocycles.